The first kappa shape index (κ1) is 21.5. The number of para-hydroxylation sites is 1. The highest BCUT2D eigenvalue weighted by molar-refractivity contribution is 8.04. The van der Waals surface area contributed by atoms with Gasteiger partial charge in [0.05, 0.1) is 20.6 Å². The molecule has 158 valence electrons. The third-order valence-electron chi connectivity index (χ3n) is 5.37. The van der Waals surface area contributed by atoms with Crippen LogP contribution in [0.3, 0.4) is 0 Å². The number of anilines is 2. The molecular weight excluding hydrogens is 444 g/mol. The lowest BCUT2D eigenvalue weighted by Gasteiger charge is -2.35. The van der Waals surface area contributed by atoms with E-state index in [4.69, 9.17) is 23.2 Å². The van der Waals surface area contributed by atoms with Crippen LogP contribution in [0.1, 0.15) is 5.56 Å². The second-order valence-corrected chi connectivity index (χ2v) is 9.33. The van der Waals surface area contributed by atoms with Crippen molar-refractivity contribution in [3.63, 3.8) is 0 Å². The number of thioether (sulfide) groups is 1. The zero-order valence-corrected chi connectivity index (χ0v) is 18.9. The van der Waals surface area contributed by atoms with Crippen molar-refractivity contribution in [2.75, 3.05) is 55.3 Å². The van der Waals surface area contributed by atoms with E-state index in [0.29, 0.717) is 32.9 Å². The molecule has 30 heavy (non-hydrogen) atoms. The van der Waals surface area contributed by atoms with E-state index in [2.05, 4.69) is 16.8 Å². The molecule has 0 atom stereocenters. The lowest BCUT2D eigenvalue weighted by Crippen LogP contribution is -2.45. The van der Waals surface area contributed by atoms with Crippen molar-refractivity contribution in [2.24, 2.45) is 0 Å². The summed E-state index contributed by atoms with van der Waals surface area (Å²) in [7, 11) is 2.07. The summed E-state index contributed by atoms with van der Waals surface area (Å²) in [6.07, 6.45) is 1.81. The van der Waals surface area contributed by atoms with Crippen LogP contribution in [0.15, 0.2) is 41.3 Å². The number of carbonyl (C=O) groups excluding carboxylic acids is 1. The second-order valence-electron chi connectivity index (χ2n) is 7.38. The number of hydrogen-bond acceptors (Lipinski definition) is 4. The number of likely N-dealkylation sites (N-methyl/N-ethyl adjacent to an activating group) is 1. The number of nitrogens with zero attached hydrogens (tertiary/aromatic N) is 3. The summed E-state index contributed by atoms with van der Waals surface area (Å²) in [5.41, 5.74) is 2.00. The van der Waals surface area contributed by atoms with Gasteiger partial charge in [-0.1, -0.05) is 35.3 Å². The van der Waals surface area contributed by atoms with Gasteiger partial charge in [-0.3, -0.25) is 4.79 Å². The Morgan fingerprint density at radius 1 is 1.03 bits per heavy atom. The Labute approximate surface area is 190 Å². The van der Waals surface area contributed by atoms with Crippen LogP contribution < -0.4 is 9.80 Å². The van der Waals surface area contributed by atoms with Crippen LogP contribution in [0.4, 0.5) is 15.8 Å². The Kier molecular flexibility index (Phi) is 6.58. The second kappa shape index (κ2) is 9.18. The molecule has 0 spiro atoms. The Bertz CT molecular complexity index is 992. The average molecular weight is 466 g/mol. The third kappa shape index (κ3) is 4.47. The molecule has 0 unspecified atom stereocenters. The zero-order valence-electron chi connectivity index (χ0n) is 16.6. The van der Waals surface area contributed by atoms with Gasteiger partial charge in [0.15, 0.2) is 0 Å². The first-order valence-electron chi connectivity index (χ1n) is 9.77. The van der Waals surface area contributed by atoms with Crippen molar-refractivity contribution in [2.45, 2.75) is 0 Å². The molecule has 8 heteroatoms. The Balaban J connectivity index is 1.65. The summed E-state index contributed by atoms with van der Waals surface area (Å²) >= 11 is 13.6. The van der Waals surface area contributed by atoms with Crippen molar-refractivity contribution in [3.05, 3.63) is 62.7 Å². The third-order valence-corrected chi connectivity index (χ3v) is 7.10. The largest absolute Gasteiger partial charge is 0.366 e. The van der Waals surface area contributed by atoms with Gasteiger partial charge in [0, 0.05) is 49.7 Å². The lowest BCUT2D eigenvalue weighted by atomic mass is 10.1. The van der Waals surface area contributed by atoms with Crippen LogP contribution in [0, 0.1) is 5.82 Å². The molecule has 0 aromatic heterocycles. The molecule has 0 aliphatic carbocycles. The van der Waals surface area contributed by atoms with Crippen LogP contribution >= 0.6 is 35.0 Å². The Morgan fingerprint density at radius 3 is 2.53 bits per heavy atom. The summed E-state index contributed by atoms with van der Waals surface area (Å²) < 4.78 is 14.8. The molecule has 2 aromatic carbocycles. The predicted octanol–water partition coefficient (Wildman–Crippen LogP) is 5.01. The minimum absolute atomic E-state index is 0.113. The van der Waals surface area contributed by atoms with Gasteiger partial charge in [-0.25, -0.2) is 4.39 Å². The summed E-state index contributed by atoms with van der Waals surface area (Å²) in [5, 5.41) is 0.861. The van der Waals surface area contributed by atoms with Gasteiger partial charge < -0.3 is 14.7 Å². The molecule has 0 N–H and O–H groups in total. The number of piperazine rings is 1. The molecule has 0 bridgehead atoms. The number of hydrogen-bond donors (Lipinski definition) is 0. The maximum atomic E-state index is 14.8. The maximum absolute atomic E-state index is 14.8. The summed E-state index contributed by atoms with van der Waals surface area (Å²) in [5.74, 6) is 0.374. The Morgan fingerprint density at radius 2 is 1.80 bits per heavy atom. The molecule has 4 nitrogen and oxygen atoms in total. The summed E-state index contributed by atoms with van der Waals surface area (Å²) in [6.45, 7) is 3.84. The van der Waals surface area contributed by atoms with Crippen molar-refractivity contribution in [1.82, 2.24) is 4.90 Å². The predicted molar refractivity (Wildman–Crippen MR) is 125 cm³/mol. The zero-order chi connectivity index (χ0) is 21.3. The molecule has 1 amide bonds. The van der Waals surface area contributed by atoms with E-state index < -0.39 is 0 Å². The average Bonchev–Trinajstić information content (AvgIpc) is 2.73. The van der Waals surface area contributed by atoms with E-state index in [1.54, 1.807) is 29.2 Å². The molecule has 2 fully saturated rings. The van der Waals surface area contributed by atoms with E-state index in [1.165, 1.54) is 17.8 Å². The van der Waals surface area contributed by atoms with Gasteiger partial charge >= 0.3 is 0 Å². The van der Waals surface area contributed by atoms with E-state index in [1.807, 2.05) is 12.1 Å². The fourth-order valence-electron chi connectivity index (χ4n) is 3.70. The van der Waals surface area contributed by atoms with Crippen LogP contribution in [-0.4, -0.2) is 56.3 Å². The molecule has 0 radical (unpaired) electrons. The van der Waals surface area contributed by atoms with E-state index in [-0.39, 0.29) is 11.7 Å². The van der Waals surface area contributed by atoms with Gasteiger partial charge in [-0.15, -0.1) is 11.8 Å². The van der Waals surface area contributed by atoms with Crippen molar-refractivity contribution >= 4 is 58.3 Å². The Hall–Kier alpha value is -1.73. The quantitative estimate of drug-likeness (QED) is 0.595. The van der Waals surface area contributed by atoms with Gasteiger partial charge in [0.25, 0.3) is 5.91 Å². The molecule has 4 rings (SSSR count). The molecule has 2 saturated heterocycles. The maximum Gasteiger partial charge on any atom is 0.264 e. The van der Waals surface area contributed by atoms with Crippen molar-refractivity contribution in [1.29, 1.82) is 0 Å². The standard InChI is InChI=1S/C22H22Cl2FN3OS/c1-26-7-9-27(10-8-26)21-15(3-2-4-19(21)25)13-20-22(29)28(11-12-30-20)16-5-6-17(23)18(24)14-16/h2-6,13-14H,7-12H2,1H3/b20-13-. The molecule has 2 aliphatic heterocycles. The van der Waals surface area contributed by atoms with Gasteiger partial charge in [-0.2, -0.15) is 0 Å². The summed E-state index contributed by atoms with van der Waals surface area (Å²) in [6, 6.07) is 10.2. The normalized spacial score (nSPS) is 19.6. The molecule has 2 heterocycles. The molecule has 0 saturated carbocycles. The number of benzene rings is 2. The molecule has 2 aromatic rings. The summed E-state index contributed by atoms with van der Waals surface area (Å²) in [4.78, 5) is 19.8. The van der Waals surface area contributed by atoms with E-state index in [9.17, 15) is 9.18 Å². The highest BCUT2D eigenvalue weighted by Crippen LogP contribution is 2.35. The number of carbonyl (C=O) groups is 1. The first-order valence-corrected chi connectivity index (χ1v) is 11.5. The van der Waals surface area contributed by atoms with E-state index >= 15 is 0 Å². The van der Waals surface area contributed by atoms with E-state index in [0.717, 1.165) is 37.5 Å². The first-order chi connectivity index (χ1) is 14.4. The molecular formula is C22H22Cl2FN3OS. The number of rotatable bonds is 3. The van der Waals surface area contributed by atoms with Crippen LogP contribution in [0.5, 0.6) is 0 Å². The van der Waals surface area contributed by atoms with Crippen LogP contribution in [-0.2, 0) is 4.79 Å². The lowest BCUT2D eigenvalue weighted by molar-refractivity contribution is -0.114. The topological polar surface area (TPSA) is 26.8 Å². The van der Waals surface area contributed by atoms with Crippen LogP contribution in [0.2, 0.25) is 10.0 Å². The van der Waals surface area contributed by atoms with Gasteiger partial charge in [-0.05, 0) is 37.4 Å². The smallest absolute Gasteiger partial charge is 0.264 e. The van der Waals surface area contributed by atoms with Gasteiger partial charge in [0.1, 0.15) is 5.82 Å². The highest BCUT2D eigenvalue weighted by Gasteiger charge is 2.27. The minimum Gasteiger partial charge on any atom is -0.366 e. The van der Waals surface area contributed by atoms with Crippen molar-refractivity contribution < 1.29 is 9.18 Å². The van der Waals surface area contributed by atoms with Crippen molar-refractivity contribution in [3.8, 4) is 0 Å². The minimum atomic E-state index is -0.261. The number of amides is 1. The number of halogens is 3. The fourth-order valence-corrected chi connectivity index (χ4v) is 4.93. The monoisotopic (exact) mass is 465 g/mol. The SMILES string of the molecule is CN1CCN(c2c(F)cccc2/C=C2\SCCN(c3ccc(Cl)c(Cl)c3)C2=O)CC1. The molecule has 2 aliphatic rings. The highest BCUT2D eigenvalue weighted by atomic mass is 35.5. The van der Waals surface area contributed by atoms with Crippen LogP contribution in [0.25, 0.3) is 6.08 Å². The fraction of sp³-hybridized carbons (Fsp3) is 0.318. The van der Waals surface area contributed by atoms with Gasteiger partial charge in [0.2, 0.25) is 0 Å².